The average molecular weight is 252 g/mol. The minimum absolute atomic E-state index is 0.708. The van der Waals surface area contributed by atoms with Crippen molar-refractivity contribution in [2.45, 2.75) is 19.8 Å². The molecule has 0 aliphatic carbocycles. The largest absolute Gasteiger partial charge is 0.241 e. The van der Waals surface area contributed by atoms with Crippen LogP contribution in [-0.4, -0.2) is 10.9 Å². The number of alkyl halides is 1. The molecule has 0 bridgehead atoms. The summed E-state index contributed by atoms with van der Waals surface area (Å²) in [5.74, 6) is 0.708. The van der Waals surface area contributed by atoms with Gasteiger partial charge in [-0.25, -0.2) is 4.98 Å². The van der Waals surface area contributed by atoms with Crippen molar-refractivity contribution in [3.05, 3.63) is 40.2 Å². The highest BCUT2D eigenvalue weighted by atomic mass is 35.5. The maximum atomic E-state index is 5.67. The zero-order valence-corrected chi connectivity index (χ0v) is 10.8. The number of aromatic nitrogens is 1. The Morgan fingerprint density at radius 2 is 2.25 bits per heavy atom. The van der Waals surface area contributed by atoms with E-state index in [9.17, 15) is 0 Å². The van der Waals surface area contributed by atoms with E-state index in [0.29, 0.717) is 5.88 Å². The van der Waals surface area contributed by atoms with E-state index >= 15 is 0 Å². The fourth-order valence-corrected chi connectivity index (χ4v) is 2.56. The van der Waals surface area contributed by atoms with Crippen LogP contribution in [0.3, 0.4) is 0 Å². The lowest BCUT2D eigenvalue weighted by molar-refractivity contribution is 0.916. The van der Waals surface area contributed by atoms with Gasteiger partial charge in [0.05, 0.1) is 10.7 Å². The normalized spacial score (nSPS) is 10.6. The minimum atomic E-state index is 0.708. The average Bonchev–Trinajstić information content (AvgIpc) is 2.75. The van der Waals surface area contributed by atoms with Gasteiger partial charge in [0, 0.05) is 23.2 Å². The van der Waals surface area contributed by atoms with E-state index < -0.39 is 0 Å². The second-order valence-corrected chi connectivity index (χ2v) is 5.11. The summed E-state index contributed by atoms with van der Waals surface area (Å²) >= 11 is 7.39. The summed E-state index contributed by atoms with van der Waals surface area (Å²) < 4.78 is 0. The predicted molar refractivity (Wildman–Crippen MR) is 71.3 cm³/mol. The highest BCUT2D eigenvalue weighted by Crippen LogP contribution is 2.23. The Morgan fingerprint density at radius 3 is 3.00 bits per heavy atom. The van der Waals surface area contributed by atoms with Crippen molar-refractivity contribution in [3.8, 4) is 11.3 Å². The van der Waals surface area contributed by atoms with Crippen LogP contribution < -0.4 is 0 Å². The zero-order valence-electron chi connectivity index (χ0n) is 9.24. The summed E-state index contributed by atoms with van der Waals surface area (Å²) in [4.78, 5) is 4.62. The molecule has 0 saturated heterocycles. The molecular formula is C13H14ClNS. The van der Waals surface area contributed by atoms with E-state index in [2.05, 4.69) is 41.6 Å². The molecule has 1 nitrogen and oxygen atoms in total. The third-order valence-corrected chi connectivity index (χ3v) is 3.57. The van der Waals surface area contributed by atoms with Gasteiger partial charge < -0.3 is 0 Å². The zero-order chi connectivity index (χ0) is 11.4. The molecule has 1 aromatic heterocycles. The Bertz CT molecular complexity index is 464. The van der Waals surface area contributed by atoms with E-state index in [1.165, 1.54) is 16.1 Å². The van der Waals surface area contributed by atoms with Crippen LogP contribution in [0.25, 0.3) is 11.3 Å². The van der Waals surface area contributed by atoms with Crippen molar-refractivity contribution in [1.82, 2.24) is 4.98 Å². The number of thiazole rings is 1. The number of rotatable bonds is 4. The Balaban J connectivity index is 2.18. The topological polar surface area (TPSA) is 12.9 Å². The van der Waals surface area contributed by atoms with Crippen LogP contribution in [-0.2, 0) is 6.42 Å². The molecule has 0 radical (unpaired) electrons. The number of aryl methyl sites for hydroxylation is 2. The Kier molecular flexibility index (Phi) is 3.97. The number of hydrogen-bond donors (Lipinski definition) is 0. The van der Waals surface area contributed by atoms with Crippen LogP contribution in [0.1, 0.15) is 17.0 Å². The molecule has 1 aromatic carbocycles. The van der Waals surface area contributed by atoms with Gasteiger partial charge in [-0.05, 0) is 19.4 Å². The van der Waals surface area contributed by atoms with Gasteiger partial charge in [-0.1, -0.05) is 23.8 Å². The molecule has 0 aliphatic rings. The number of benzene rings is 1. The molecule has 1 heterocycles. The van der Waals surface area contributed by atoms with Gasteiger partial charge in [0.2, 0.25) is 0 Å². The number of nitrogens with zero attached hydrogens (tertiary/aromatic N) is 1. The van der Waals surface area contributed by atoms with E-state index in [-0.39, 0.29) is 0 Å². The fourth-order valence-electron chi connectivity index (χ4n) is 1.58. The quantitative estimate of drug-likeness (QED) is 0.739. The fraction of sp³-hybridized carbons (Fsp3) is 0.308. The summed E-state index contributed by atoms with van der Waals surface area (Å²) in [6.07, 6.45) is 1.99. The number of hydrogen-bond acceptors (Lipinski definition) is 2. The first kappa shape index (κ1) is 11.6. The van der Waals surface area contributed by atoms with Gasteiger partial charge >= 0.3 is 0 Å². The smallest absolute Gasteiger partial charge is 0.0933 e. The van der Waals surface area contributed by atoms with E-state index in [4.69, 9.17) is 11.6 Å². The van der Waals surface area contributed by atoms with Gasteiger partial charge in [0.1, 0.15) is 0 Å². The van der Waals surface area contributed by atoms with Crippen molar-refractivity contribution in [3.63, 3.8) is 0 Å². The number of halogens is 1. The first-order chi connectivity index (χ1) is 7.79. The molecule has 3 heteroatoms. The van der Waals surface area contributed by atoms with Crippen molar-refractivity contribution >= 4 is 22.9 Å². The van der Waals surface area contributed by atoms with Crippen molar-refractivity contribution in [2.24, 2.45) is 0 Å². The minimum Gasteiger partial charge on any atom is -0.241 e. The van der Waals surface area contributed by atoms with E-state index in [1.807, 2.05) is 0 Å². The van der Waals surface area contributed by atoms with Crippen molar-refractivity contribution in [2.75, 3.05) is 5.88 Å². The lowest BCUT2D eigenvalue weighted by atomic mass is 10.1. The molecule has 16 heavy (non-hydrogen) atoms. The highest BCUT2D eigenvalue weighted by Gasteiger charge is 2.04. The molecular weight excluding hydrogens is 238 g/mol. The molecule has 0 N–H and O–H groups in total. The van der Waals surface area contributed by atoms with E-state index in [0.717, 1.165) is 18.5 Å². The molecule has 0 saturated carbocycles. The van der Waals surface area contributed by atoms with Crippen LogP contribution in [0.15, 0.2) is 29.6 Å². The van der Waals surface area contributed by atoms with Gasteiger partial charge in [-0.2, -0.15) is 0 Å². The van der Waals surface area contributed by atoms with Crippen LogP contribution in [0.5, 0.6) is 0 Å². The molecule has 0 atom stereocenters. The standard InChI is InChI=1S/C13H14ClNS/c1-10-4-2-5-11(8-10)12-9-16-13(15-12)6-3-7-14/h2,4-5,8-9H,3,6-7H2,1H3. The highest BCUT2D eigenvalue weighted by molar-refractivity contribution is 7.09. The maximum absolute atomic E-state index is 5.67. The Morgan fingerprint density at radius 1 is 1.38 bits per heavy atom. The second-order valence-electron chi connectivity index (χ2n) is 3.79. The van der Waals surface area contributed by atoms with Gasteiger partial charge in [-0.15, -0.1) is 22.9 Å². The summed E-state index contributed by atoms with van der Waals surface area (Å²) in [6, 6.07) is 8.44. The molecule has 0 amide bonds. The van der Waals surface area contributed by atoms with Crippen LogP contribution >= 0.6 is 22.9 Å². The second kappa shape index (κ2) is 5.46. The van der Waals surface area contributed by atoms with Gasteiger partial charge in [0.15, 0.2) is 0 Å². The van der Waals surface area contributed by atoms with Crippen LogP contribution in [0.2, 0.25) is 0 Å². The first-order valence-electron chi connectivity index (χ1n) is 5.37. The van der Waals surface area contributed by atoms with Crippen LogP contribution in [0, 0.1) is 6.92 Å². The molecule has 2 rings (SSSR count). The maximum Gasteiger partial charge on any atom is 0.0933 e. The molecule has 0 unspecified atom stereocenters. The molecule has 0 fully saturated rings. The third kappa shape index (κ3) is 2.83. The Hall–Kier alpha value is -0.860. The molecule has 84 valence electrons. The molecule has 0 aliphatic heterocycles. The lowest BCUT2D eigenvalue weighted by Gasteiger charge is -1.97. The Labute approximate surface area is 105 Å². The van der Waals surface area contributed by atoms with Crippen molar-refractivity contribution < 1.29 is 0 Å². The van der Waals surface area contributed by atoms with E-state index in [1.54, 1.807) is 11.3 Å². The van der Waals surface area contributed by atoms with Gasteiger partial charge in [0.25, 0.3) is 0 Å². The third-order valence-electron chi connectivity index (χ3n) is 2.39. The van der Waals surface area contributed by atoms with Crippen molar-refractivity contribution in [1.29, 1.82) is 0 Å². The summed E-state index contributed by atoms with van der Waals surface area (Å²) in [5, 5.41) is 3.30. The van der Waals surface area contributed by atoms with Crippen LogP contribution in [0.4, 0.5) is 0 Å². The molecule has 0 spiro atoms. The first-order valence-corrected chi connectivity index (χ1v) is 6.78. The lowest BCUT2D eigenvalue weighted by Crippen LogP contribution is -1.85. The van der Waals surface area contributed by atoms with Gasteiger partial charge in [-0.3, -0.25) is 0 Å². The SMILES string of the molecule is Cc1cccc(-c2csc(CCCCl)n2)c1. The summed E-state index contributed by atoms with van der Waals surface area (Å²) in [6.45, 7) is 2.10. The monoisotopic (exact) mass is 251 g/mol. The predicted octanol–water partition coefficient (Wildman–Crippen LogP) is 4.29. The summed E-state index contributed by atoms with van der Waals surface area (Å²) in [5.41, 5.74) is 3.56. The summed E-state index contributed by atoms with van der Waals surface area (Å²) in [7, 11) is 0. The molecule has 2 aromatic rings.